The number of aromatic nitrogens is 2. The van der Waals surface area contributed by atoms with Gasteiger partial charge in [-0.3, -0.25) is 4.98 Å². The highest BCUT2D eigenvalue weighted by molar-refractivity contribution is 6.09. The van der Waals surface area contributed by atoms with E-state index in [1.54, 1.807) is 0 Å². The predicted octanol–water partition coefficient (Wildman–Crippen LogP) is 12.4. The number of nitrogens with zero attached hydrogens (tertiary/aromatic N) is 2. The van der Waals surface area contributed by atoms with Crippen molar-refractivity contribution in [3.05, 3.63) is 205 Å². The second-order valence-corrected chi connectivity index (χ2v) is 13.0. The van der Waals surface area contributed by atoms with Gasteiger partial charge in [0, 0.05) is 28.8 Å². The molecule has 1 aliphatic carbocycles. The Kier molecular flexibility index (Phi) is 7.68. The van der Waals surface area contributed by atoms with Crippen LogP contribution < -0.4 is 0 Å². The average molecular weight is 639 g/mol. The Morgan fingerprint density at radius 2 is 1.02 bits per heavy atom. The third kappa shape index (κ3) is 5.71. The zero-order chi connectivity index (χ0) is 33.3. The van der Waals surface area contributed by atoms with E-state index in [1.807, 2.05) is 12.3 Å². The van der Waals surface area contributed by atoms with Crippen LogP contribution in [0.1, 0.15) is 29.2 Å². The molecule has 0 aliphatic heterocycles. The molecule has 0 bridgehead atoms. The van der Waals surface area contributed by atoms with E-state index in [9.17, 15) is 0 Å². The Morgan fingerprint density at radius 3 is 1.66 bits per heavy atom. The molecule has 0 radical (unpaired) electrons. The van der Waals surface area contributed by atoms with Crippen molar-refractivity contribution in [1.82, 2.24) is 9.97 Å². The number of pyridine rings is 2. The maximum Gasteiger partial charge on any atom is 0.0715 e. The fourth-order valence-electron chi connectivity index (χ4n) is 7.35. The normalized spacial score (nSPS) is 14.4. The van der Waals surface area contributed by atoms with E-state index in [2.05, 4.69) is 176 Å². The van der Waals surface area contributed by atoms with Crippen molar-refractivity contribution >= 4 is 32.7 Å². The molecule has 50 heavy (non-hydrogen) atoms. The van der Waals surface area contributed by atoms with Crippen molar-refractivity contribution in [2.24, 2.45) is 0 Å². The lowest BCUT2D eigenvalue weighted by atomic mass is 9.80. The number of benzene rings is 6. The summed E-state index contributed by atoms with van der Waals surface area (Å²) in [4.78, 5) is 10.2. The summed E-state index contributed by atoms with van der Waals surface area (Å²) >= 11 is 0. The number of rotatable bonds is 6. The van der Waals surface area contributed by atoms with Crippen molar-refractivity contribution in [3.63, 3.8) is 0 Å². The maximum atomic E-state index is 5.18. The summed E-state index contributed by atoms with van der Waals surface area (Å²) in [5.41, 5.74) is 12.3. The summed E-state index contributed by atoms with van der Waals surface area (Å²) in [7, 11) is 0. The van der Waals surface area contributed by atoms with E-state index >= 15 is 0 Å². The second kappa shape index (κ2) is 12.9. The summed E-state index contributed by atoms with van der Waals surface area (Å²) in [5.74, 6) is 0.142. The molecule has 236 valence electrons. The van der Waals surface area contributed by atoms with Gasteiger partial charge in [-0.1, -0.05) is 152 Å². The van der Waals surface area contributed by atoms with Crippen LogP contribution in [0.4, 0.5) is 0 Å². The topological polar surface area (TPSA) is 25.8 Å². The first kappa shape index (κ1) is 29.7. The van der Waals surface area contributed by atoms with Crippen molar-refractivity contribution in [1.29, 1.82) is 0 Å². The lowest BCUT2D eigenvalue weighted by molar-refractivity contribution is 0.876. The molecule has 1 atom stereocenters. The Morgan fingerprint density at radius 1 is 0.440 bits per heavy atom. The largest absolute Gasteiger partial charge is 0.256 e. The van der Waals surface area contributed by atoms with Crippen molar-refractivity contribution in [3.8, 4) is 33.6 Å². The summed E-state index contributed by atoms with van der Waals surface area (Å²) in [6, 6.07) is 60.3. The highest BCUT2D eigenvalue weighted by Crippen LogP contribution is 2.43. The highest BCUT2D eigenvalue weighted by Gasteiger charge is 2.23. The Balaban J connectivity index is 1.24. The van der Waals surface area contributed by atoms with Crippen LogP contribution in [0.2, 0.25) is 0 Å². The Bertz CT molecular complexity index is 2470. The van der Waals surface area contributed by atoms with Gasteiger partial charge in [-0.25, -0.2) is 4.98 Å². The molecule has 1 aliphatic rings. The highest BCUT2D eigenvalue weighted by atomic mass is 14.7. The molecule has 2 heteroatoms. The van der Waals surface area contributed by atoms with Crippen molar-refractivity contribution < 1.29 is 0 Å². The molecule has 0 N–H and O–H groups in total. The van der Waals surface area contributed by atoms with Gasteiger partial charge >= 0.3 is 0 Å². The molecule has 0 amide bonds. The van der Waals surface area contributed by atoms with Gasteiger partial charge < -0.3 is 0 Å². The smallest absolute Gasteiger partial charge is 0.0715 e. The van der Waals surface area contributed by atoms with E-state index in [0.717, 1.165) is 45.8 Å². The molecule has 2 heterocycles. The fraction of sp³-hybridized carbons (Fsp3) is 0.0417. The van der Waals surface area contributed by atoms with Gasteiger partial charge in [0.2, 0.25) is 0 Å². The minimum Gasteiger partial charge on any atom is -0.256 e. The minimum absolute atomic E-state index is 0.142. The predicted molar refractivity (Wildman–Crippen MR) is 210 cm³/mol. The molecular formula is C48H34N2. The SMILES string of the molecule is C1=C(c2cc(-c3ccccc3)nc(-c3ccccc3)c2)C=C(c2ccc(-c3ccccc3)cn2)CC1c1cc2ccccc2c2ccccc12. The van der Waals surface area contributed by atoms with E-state index in [-0.39, 0.29) is 5.92 Å². The fourth-order valence-corrected chi connectivity index (χ4v) is 7.35. The number of hydrogen-bond acceptors (Lipinski definition) is 2. The third-order valence-electron chi connectivity index (χ3n) is 9.85. The molecule has 6 aromatic carbocycles. The third-order valence-corrected chi connectivity index (χ3v) is 9.85. The number of allylic oxidation sites excluding steroid dienone is 4. The first-order valence-corrected chi connectivity index (χ1v) is 17.2. The molecule has 0 fully saturated rings. The van der Waals surface area contributed by atoms with Crippen LogP contribution >= 0.6 is 0 Å². The van der Waals surface area contributed by atoms with Crippen LogP contribution in [0.3, 0.4) is 0 Å². The standard InChI is InChI=1S/C48H34N2/c1-4-14-33(15-5-1)37-24-25-46(49-32-37)41-27-38(26-40(28-41)45-29-36-20-10-11-21-42(36)43-22-12-13-23-44(43)45)39-30-47(34-16-6-2-7-17-34)50-48(31-39)35-18-8-3-9-19-35/h1-27,29-32,40H,28H2. The van der Waals surface area contributed by atoms with Crippen LogP contribution in [0.25, 0.3) is 66.3 Å². The first-order valence-electron chi connectivity index (χ1n) is 17.2. The van der Waals surface area contributed by atoms with Gasteiger partial charge in [0.1, 0.15) is 0 Å². The van der Waals surface area contributed by atoms with Crippen LogP contribution in [-0.4, -0.2) is 9.97 Å². The minimum atomic E-state index is 0.142. The van der Waals surface area contributed by atoms with Gasteiger partial charge in [-0.15, -0.1) is 0 Å². The molecule has 2 nitrogen and oxygen atoms in total. The van der Waals surface area contributed by atoms with Crippen LogP contribution in [-0.2, 0) is 0 Å². The van der Waals surface area contributed by atoms with Crippen LogP contribution in [0, 0.1) is 0 Å². The first-order chi connectivity index (χ1) is 24.8. The van der Waals surface area contributed by atoms with Crippen LogP contribution in [0.5, 0.6) is 0 Å². The summed E-state index contributed by atoms with van der Waals surface area (Å²) in [5, 5.41) is 5.14. The zero-order valence-corrected chi connectivity index (χ0v) is 27.6. The summed E-state index contributed by atoms with van der Waals surface area (Å²) in [6.45, 7) is 0. The quantitative estimate of drug-likeness (QED) is 0.169. The van der Waals surface area contributed by atoms with Gasteiger partial charge in [-0.2, -0.15) is 0 Å². The van der Waals surface area contributed by atoms with Gasteiger partial charge in [-0.05, 0) is 86.1 Å². The van der Waals surface area contributed by atoms with E-state index in [1.165, 1.54) is 43.8 Å². The van der Waals surface area contributed by atoms with E-state index < -0.39 is 0 Å². The molecule has 9 rings (SSSR count). The van der Waals surface area contributed by atoms with Gasteiger partial charge in [0.05, 0.1) is 17.1 Å². The summed E-state index contributed by atoms with van der Waals surface area (Å²) in [6.07, 6.45) is 7.68. The molecular weight excluding hydrogens is 605 g/mol. The lowest BCUT2D eigenvalue weighted by Crippen LogP contribution is -2.06. The van der Waals surface area contributed by atoms with E-state index in [0.29, 0.717) is 0 Å². The van der Waals surface area contributed by atoms with Gasteiger partial charge in [0.25, 0.3) is 0 Å². The molecule has 0 spiro atoms. The Hall–Kier alpha value is -6.38. The van der Waals surface area contributed by atoms with Crippen molar-refractivity contribution in [2.75, 3.05) is 0 Å². The molecule has 1 unspecified atom stereocenters. The number of fused-ring (bicyclic) bond motifs is 3. The van der Waals surface area contributed by atoms with Gasteiger partial charge in [0.15, 0.2) is 0 Å². The zero-order valence-electron chi connectivity index (χ0n) is 27.6. The monoisotopic (exact) mass is 638 g/mol. The molecule has 0 saturated carbocycles. The average Bonchev–Trinajstić information content (AvgIpc) is 3.21. The van der Waals surface area contributed by atoms with Crippen LogP contribution in [0.15, 0.2) is 188 Å². The number of hydrogen-bond donors (Lipinski definition) is 0. The lowest BCUT2D eigenvalue weighted by Gasteiger charge is -2.25. The molecule has 8 aromatic rings. The second-order valence-electron chi connectivity index (χ2n) is 13.0. The summed E-state index contributed by atoms with van der Waals surface area (Å²) < 4.78 is 0. The van der Waals surface area contributed by atoms with E-state index in [4.69, 9.17) is 9.97 Å². The molecule has 2 aromatic heterocycles. The Labute approximate surface area is 292 Å². The van der Waals surface area contributed by atoms with Crippen molar-refractivity contribution in [2.45, 2.75) is 12.3 Å². The molecule has 0 saturated heterocycles. The maximum absolute atomic E-state index is 5.18.